The van der Waals surface area contributed by atoms with Crippen molar-refractivity contribution in [1.82, 2.24) is 4.90 Å². The van der Waals surface area contributed by atoms with Gasteiger partial charge in [0, 0.05) is 23.2 Å². The summed E-state index contributed by atoms with van der Waals surface area (Å²) < 4.78 is 5.39. The van der Waals surface area contributed by atoms with Gasteiger partial charge in [0.1, 0.15) is 5.60 Å². The third-order valence-corrected chi connectivity index (χ3v) is 4.33. The molecule has 1 fully saturated rings. The average Bonchev–Trinajstić information content (AvgIpc) is 2.86. The SMILES string of the molecule is [C-]#[N+]c1ccc(SC2CCN(C(=O)OC(C)(C)C)C2)cc1. The number of rotatable bonds is 2. The second-order valence-electron chi connectivity index (χ2n) is 6.06. The van der Waals surface area contributed by atoms with E-state index in [9.17, 15) is 4.79 Å². The first-order valence-corrected chi connectivity index (χ1v) is 7.87. The molecule has 0 bridgehead atoms. The fraction of sp³-hybridized carbons (Fsp3) is 0.500. The molecular weight excluding hydrogens is 284 g/mol. The minimum absolute atomic E-state index is 0.228. The van der Waals surface area contributed by atoms with Crippen molar-refractivity contribution < 1.29 is 9.53 Å². The van der Waals surface area contributed by atoms with Gasteiger partial charge in [-0.1, -0.05) is 24.3 Å². The van der Waals surface area contributed by atoms with Crippen molar-refractivity contribution >= 4 is 23.5 Å². The smallest absolute Gasteiger partial charge is 0.410 e. The predicted molar refractivity (Wildman–Crippen MR) is 84.8 cm³/mol. The van der Waals surface area contributed by atoms with Crippen LogP contribution in [-0.4, -0.2) is 34.9 Å². The number of amides is 1. The Hall–Kier alpha value is -1.67. The monoisotopic (exact) mass is 304 g/mol. The molecule has 4 nitrogen and oxygen atoms in total. The van der Waals surface area contributed by atoms with Crippen LogP contribution in [0.2, 0.25) is 0 Å². The highest BCUT2D eigenvalue weighted by Crippen LogP contribution is 2.31. The normalized spacial score (nSPS) is 18.4. The van der Waals surface area contributed by atoms with Crippen LogP contribution in [-0.2, 0) is 4.74 Å². The maximum atomic E-state index is 12.0. The van der Waals surface area contributed by atoms with Crippen molar-refractivity contribution in [2.24, 2.45) is 0 Å². The molecule has 0 N–H and O–H groups in total. The van der Waals surface area contributed by atoms with Crippen molar-refractivity contribution in [3.8, 4) is 0 Å². The van der Waals surface area contributed by atoms with Gasteiger partial charge < -0.3 is 9.64 Å². The Morgan fingerprint density at radius 1 is 1.38 bits per heavy atom. The van der Waals surface area contributed by atoms with Crippen LogP contribution in [0, 0.1) is 6.57 Å². The maximum Gasteiger partial charge on any atom is 0.410 e. The van der Waals surface area contributed by atoms with Crippen LogP contribution in [0.4, 0.5) is 10.5 Å². The van der Waals surface area contributed by atoms with Crippen molar-refractivity contribution in [3.63, 3.8) is 0 Å². The first-order chi connectivity index (χ1) is 9.87. The Labute approximate surface area is 130 Å². The second-order valence-corrected chi connectivity index (χ2v) is 7.43. The van der Waals surface area contributed by atoms with Crippen LogP contribution >= 0.6 is 11.8 Å². The van der Waals surface area contributed by atoms with Crippen molar-refractivity contribution in [2.75, 3.05) is 13.1 Å². The molecule has 1 saturated heterocycles. The van der Waals surface area contributed by atoms with Gasteiger partial charge >= 0.3 is 6.09 Å². The Balaban J connectivity index is 1.87. The van der Waals surface area contributed by atoms with Crippen LogP contribution in [0.3, 0.4) is 0 Å². The zero-order chi connectivity index (χ0) is 15.5. The quantitative estimate of drug-likeness (QED) is 0.762. The minimum Gasteiger partial charge on any atom is -0.444 e. The molecule has 1 aromatic carbocycles. The summed E-state index contributed by atoms with van der Waals surface area (Å²) in [5.41, 5.74) is 0.207. The Morgan fingerprint density at radius 3 is 2.62 bits per heavy atom. The number of likely N-dealkylation sites (tertiary alicyclic amines) is 1. The van der Waals surface area contributed by atoms with Crippen LogP contribution in [0.25, 0.3) is 4.85 Å². The van der Waals surface area contributed by atoms with E-state index in [-0.39, 0.29) is 6.09 Å². The first-order valence-electron chi connectivity index (χ1n) is 6.99. The van der Waals surface area contributed by atoms with Gasteiger partial charge in [0.2, 0.25) is 0 Å². The van der Waals surface area contributed by atoms with E-state index in [2.05, 4.69) is 4.85 Å². The molecule has 1 atom stereocenters. The molecule has 0 spiro atoms. The molecule has 2 rings (SSSR count). The lowest BCUT2D eigenvalue weighted by atomic mass is 10.2. The highest BCUT2D eigenvalue weighted by Gasteiger charge is 2.30. The second kappa shape index (κ2) is 6.40. The zero-order valence-corrected chi connectivity index (χ0v) is 13.4. The van der Waals surface area contributed by atoms with Crippen molar-refractivity contribution in [2.45, 2.75) is 42.9 Å². The Morgan fingerprint density at radius 2 is 2.05 bits per heavy atom. The van der Waals surface area contributed by atoms with E-state index in [1.807, 2.05) is 45.0 Å². The molecule has 0 aliphatic carbocycles. The third kappa shape index (κ3) is 4.68. The van der Waals surface area contributed by atoms with E-state index in [1.54, 1.807) is 16.7 Å². The lowest BCUT2D eigenvalue weighted by Crippen LogP contribution is -2.35. The van der Waals surface area contributed by atoms with E-state index >= 15 is 0 Å². The molecule has 0 aromatic heterocycles. The van der Waals surface area contributed by atoms with Gasteiger partial charge in [-0.25, -0.2) is 9.64 Å². The first kappa shape index (κ1) is 15.7. The molecule has 1 aromatic rings. The Bertz CT molecular complexity index is 543. The van der Waals surface area contributed by atoms with E-state index in [0.29, 0.717) is 17.5 Å². The van der Waals surface area contributed by atoms with Gasteiger partial charge in [0.05, 0.1) is 6.57 Å². The topological polar surface area (TPSA) is 33.9 Å². The van der Waals surface area contributed by atoms with Crippen LogP contribution in [0.15, 0.2) is 29.2 Å². The summed E-state index contributed by atoms with van der Waals surface area (Å²) in [5, 5.41) is 0.385. The molecule has 1 aliphatic heterocycles. The van der Waals surface area contributed by atoms with E-state index < -0.39 is 5.60 Å². The molecule has 1 unspecified atom stereocenters. The van der Waals surface area contributed by atoms with Gasteiger partial charge in [-0.3, -0.25) is 0 Å². The molecule has 0 radical (unpaired) electrons. The number of carbonyl (C=O) groups is 1. The van der Waals surface area contributed by atoms with Gasteiger partial charge in [-0.15, -0.1) is 11.8 Å². The zero-order valence-electron chi connectivity index (χ0n) is 12.6. The highest BCUT2D eigenvalue weighted by atomic mass is 32.2. The minimum atomic E-state index is -0.447. The summed E-state index contributed by atoms with van der Waals surface area (Å²) in [6.45, 7) is 14.0. The lowest BCUT2D eigenvalue weighted by Gasteiger charge is -2.24. The van der Waals surface area contributed by atoms with E-state index in [1.165, 1.54) is 0 Å². The van der Waals surface area contributed by atoms with E-state index in [0.717, 1.165) is 17.9 Å². The molecule has 1 heterocycles. The number of ether oxygens (including phenoxy) is 1. The van der Waals surface area contributed by atoms with Gasteiger partial charge in [-0.05, 0) is 27.2 Å². The summed E-state index contributed by atoms with van der Waals surface area (Å²) >= 11 is 1.76. The number of hydrogen-bond donors (Lipinski definition) is 0. The molecular formula is C16H20N2O2S. The Kier molecular flexibility index (Phi) is 4.79. The standard InChI is InChI=1S/C16H20N2O2S/c1-16(2,3)20-15(19)18-10-9-14(11-18)21-13-7-5-12(17-4)6-8-13/h5-8,14H,9-11H2,1-3H3. The maximum absolute atomic E-state index is 12.0. The van der Waals surface area contributed by atoms with Gasteiger partial charge in [0.15, 0.2) is 5.69 Å². The molecule has 21 heavy (non-hydrogen) atoms. The number of nitrogens with zero attached hydrogens (tertiary/aromatic N) is 2. The lowest BCUT2D eigenvalue weighted by molar-refractivity contribution is 0.0295. The third-order valence-electron chi connectivity index (χ3n) is 3.07. The number of carbonyl (C=O) groups excluding carboxylic acids is 1. The molecule has 1 aliphatic rings. The summed E-state index contributed by atoms with van der Waals surface area (Å²) in [6, 6.07) is 7.59. The number of benzene rings is 1. The predicted octanol–water partition coefficient (Wildman–Crippen LogP) is 4.34. The van der Waals surface area contributed by atoms with Gasteiger partial charge in [0.25, 0.3) is 0 Å². The largest absolute Gasteiger partial charge is 0.444 e. The van der Waals surface area contributed by atoms with Crippen LogP contribution < -0.4 is 0 Å². The summed E-state index contributed by atoms with van der Waals surface area (Å²) in [5.74, 6) is 0. The highest BCUT2D eigenvalue weighted by molar-refractivity contribution is 8.00. The van der Waals surface area contributed by atoms with Crippen molar-refractivity contribution in [1.29, 1.82) is 0 Å². The summed E-state index contributed by atoms with van der Waals surface area (Å²) in [4.78, 5) is 18.3. The number of hydrogen-bond acceptors (Lipinski definition) is 3. The molecule has 112 valence electrons. The average molecular weight is 304 g/mol. The van der Waals surface area contributed by atoms with Crippen LogP contribution in [0.5, 0.6) is 0 Å². The number of thioether (sulfide) groups is 1. The fourth-order valence-corrected chi connectivity index (χ4v) is 3.26. The van der Waals surface area contributed by atoms with E-state index in [4.69, 9.17) is 11.3 Å². The fourth-order valence-electron chi connectivity index (χ4n) is 2.11. The molecule has 5 heteroatoms. The summed E-state index contributed by atoms with van der Waals surface area (Å²) in [6.07, 6.45) is 0.739. The summed E-state index contributed by atoms with van der Waals surface area (Å²) in [7, 11) is 0. The molecule has 1 amide bonds. The molecule has 0 saturated carbocycles. The van der Waals surface area contributed by atoms with Crippen molar-refractivity contribution in [3.05, 3.63) is 35.7 Å². The van der Waals surface area contributed by atoms with Crippen LogP contribution in [0.1, 0.15) is 27.2 Å². The van der Waals surface area contributed by atoms with Gasteiger partial charge in [-0.2, -0.15) is 0 Å².